The summed E-state index contributed by atoms with van der Waals surface area (Å²) >= 11 is 0. The van der Waals surface area contributed by atoms with Crippen LogP contribution in [0.1, 0.15) is 24.5 Å². The van der Waals surface area contributed by atoms with Crippen LogP contribution in [0.25, 0.3) is 10.8 Å². The molecule has 0 amide bonds. The summed E-state index contributed by atoms with van der Waals surface area (Å²) < 4.78 is 0. The van der Waals surface area contributed by atoms with Crippen molar-refractivity contribution in [3.8, 4) is 0 Å². The van der Waals surface area contributed by atoms with Gasteiger partial charge in [0.05, 0.1) is 6.10 Å². The Morgan fingerprint density at radius 3 is 2.71 bits per heavy atom. The van der Waals surface area contributed by atoms with Crippen molar-refractivity contribution >= 4 is 10.8 Å². The zero-order chi connectivity index (χ0) is 11.7. The summed E-state index contributed by atoms with van der Waals surface area (Å²) in [4.78, 5) is 0. The van der Waals surface area contributed by atoms with Crippen molar-refractivity contribution in [1.82, 2.24) is 5.32 Å². The van der Waals surface area contributed by atoms with E-state index in [-0.39, 0.29) is 12.1 Å². The second-order valence-corrected chi connectivity index (χ2v) is 4.75. The van der Waals surface area contributed by atoms with Gasteiger partial charge in [0.2, 0.25) is 0 Å². The van der Waals surface area contributed by atoms with Crippen molar-refractivity contribution in [2.24, 2.45) is 0 Å². The van der Waals surface area contributed by atoms with Gasteiger partial charge in [-0.15, -0.1) is 0 Å². The molecule has 2 atom stereocenters. The highest BCUT2D eigenvalue weighted by Crippen LogP contribution is 2.25. The van der Waals surface area contributed by atoms with Crippen LogP contribution in [-0.4, -0.2) is 17.7 Å². The molecule has 2 aromatic rings. The summed E-state index contributed by atoms with van der Waals surface area (Å²) in [5.74, 6) is 0. The van der Waals surface area contributed by atoms with E-state index in [0.717, 1.165) is 24.9 Å². The number of fused-ring (bicyclic) bond motifs is 1. The zero-order valence-electron chi connectivity index (χ0n) is 9.76. The minimum Gasteiger partial charge on any atom is -0.387 e. The van der Waals surface area contributed by atoms with Crippen LogP contribution in [0.5, 0.6) is 0 Å². The smallest absolute Gasteiger partial charge is 0.0943 e. The van der Waals surface area contributed by atoms with Gasteiger partial charge in [-0.05, 0) is 41.8 Å². The molecule has 2 N–H and O–H groups in total. The number of rotatable bonds is 2. The number of aliphatic hydroxyl groups is 1. The second kappa shape index (κ2) is 4.47. The minimum absolute atomic E-state index is 0.219. The average Bonchev–Trinajstić information content (AvgIpc) is 2.91. The molecule has 3 rings (SSSR count). The molecule has 2 aromatic carbocycles. The zero-order valence-corrected chi connectivity index (χ0v) is 9.76. The van der Waals surface area contributed by atoms with Gasteiger partial charge in [-0.25, -0.2) is 0 Å². The maximum atomic E-state index is 10.3. The fraction of sp³-hybridized carbons (Fsp3) is 0.333. The minimum atomic E-state index is -0.387. The van der Waals surface area contributed by atoms with Crippen molar-refractivity contribution in [3.63, 3.8) is 0 Å². The van der Waals surface area contributed by atoms with Crippen molar-refractivity contribution in [2.75, 3.05) is 6.54 Å². The number of aliphatic hydroxyl groups excluding tert-OH is 1. The number of hydrogen-bond donors (Lipinski definition) is 2. The molecule has 0 aromatic heterocycles. The number of benzene rings is 2. The average molecular weight is 227 g/mol. The van der Waals surface area contributed by atoms with E-state index in [4.69, 9.17) is 0 Å². The maximum Gasteiger partial charge on any atom is 0.0943 e. The Labute approximate surface area is 101 Å². The number of hydrogen-bond acceptors (Lipinski definition) is 2. The Bertz CT molecular complexity index is 517. The predicted molar refractivity (Wildman–Crippen MR) is 69.9 cm³/mol. The molecule has 0 bridgehead atoms. The van der Waals surface area contributed by atoms with Crippen LogP contribution in [0, 0.1) is 0 Å². The molecule has 2 heteroatoms. The number of nitrogens with one attached hydrogen (secondary N) is 1. The van der Waals surface area contributed by atoms with E-state index >= 15 is 0 Å². The van der Waals surface area contributed by atoms with Gasteiger partial charge in [-0.2, -0.15) is 0 Å². The quantitative estimate of drug-likeness (QED) is 0.826. The molecule has 0 aliphatic carbocycles. The largest absolute Gasteiger partial charge is 0.387 e. The van der Waals surface area contributed by atoms with Gasteiger partial charge in [-0.1, -0.05) is 36.4 Å². The standard InChI is InChI=1S/C15H17NO/c17-15(14-6-3-9-16-14)13-8-7-11-4-1-2-5-12(11)10-13/h1-2,4-5,7-8,10,14-17H,3,6,9H2/t14-,15+/m1/s1. The first-order valence-corrected chi connectivity index (χ1v) is 6.25. The van der Waals surface area contributed by atoms with Gasteiger partial charge >= 0.3 is 0 Å². The van der Waals surface area contributed by atoms with Crippen LogP contribution in [0.3, 0.4) is 0 Å². The summed E-state index contributed by atoms with van der Waals surface area (Å²) in [6.07, 6.45) is 1.84. The lowest BCUT2D eigenvalue weighted by Crippen LogP contribution is -2.28. The van der Waals surface area contributed by atoms with Crippen LogP contribution in [0.2, 0.25) is 0 Å². The van der Waals surface area contributed by atoms with E-state index in [9.17, 15) is 5.11 Å². The van der Waals surface area contributed by atoms with Gasteiger partial charge < -0.3 is 10.4 Å². The Morgan fingerprint density at radius 2 is 1.94 bits per heavy atom. The van der Waals surface area contributed by atoms with E-state index < -0.39 is 0 Å². The van der Waals surface area contributed by atoms with E-state index in [1.165, 1.54) is 10.8 Å². The van der Waals surface area contributed by atoms with Gasteiger partial charge in [0.1, 0.15) is 0 Å². The van der Waals surface area contributed by atoms with Crippen LogP contribution in [-0.2, 0) is 0 Å². The molecule has 1 saturated heterocycles. The van der Waals surface area contributed by atoms with Crippen molar-refractivity contribution in [3.05, 3.63) is 48.0 Å². The highest BCUT2D eigenvalue weighted by molar-refractivity contribution is 5.83. The SMILES string of the molecule is O[C@@H](c1ccc2ccccc2c1)[C@H]1CCCN1. The first kappa shape index (κ1) is 10.8. The lowest BCUT2D eigenvalue weighted by molar-refractivity contribution is 0.137. The van der Waals surface area contributed by atoms with E-state index in [1.807, 2.05) is 18.2 Å². The van der Waals surface area contributed by atoms with E-state index in [0.29, 0.717) is 0 Å². The summed E-state index contributed by atoms with van der Waals surface area (Å²) in [5.41, 5.74) is 1.02. The highest BCUT2D eigenvalue weighted by atomic mass is 16.3. The first-order chi connectivity index (χ1) is 8.34. The van der Waals surface area contributed by atoms with Crippen molar-refractivity contribution in [2.45, 2.75) is 25.0 Å². The monoisotopic (exact) mass is 227 g/mol. The maximum absolute atomic E-state index is 10.3. The predicted octanol–water partition coefficient (Wildman–Crippen LogP) is 2.63. The summed E-state index contributed by atoms with van der Waals surface area (Å²) in [6.45, 7) is 1.02. The lowest BCUT2D eigenvalue weighted by Gasteiger charge is -2.19. The molecule has 0 spiro atoms. The fourth-order valence-electron chi connectivity index (χ4n) is 2.61. The fourth-order valence-corrected chi connectivity index (χ4v) is 2.61. The van der Waals surface area contributed by atoms with Crippen LogP contribution in [0.15, 0.2) is 42.5 Å². The van der Waals surface area contributed by atoms with Crippen molar-refractivity contribution < 1.29 is 5.11 Å². The normalized spacial score (nSPS) is 21.8. The molecule has 17 heavy (non-hydrogen) atoms. The van der Waals surface area contributed by atoms with Gasteiger partial charge in [-0.3, -0.25) is 0 Å². The molecule has 1 heterocycles. The third kappa shape index (κ3) is 2.06. The van der Waals surface area contributed by atoms with Crippen LogP contribution < -0.4 is 5.32 Å². The molecule has 1 aliphatic heterocycles. The molecular formula is C15H17NO. The van der Waals surface area contributed by atoms with Gasteiger partial charge in [0, 0.05) is 6.04 Å². The Balaban J connectivity index is 1.94. The summed E-state index contributed by atoms with van der Waals surface area (Å²) in [5, 5.41) is 16.1. The molecule has 88 valence electrons. The topological polar surface area (TPSA) is 32.3 Å². The van der Waals surface area contributed by atoms with E-state index in [1.54, 1.807) is 0 Å². The molecule has 1 fully saturated rings. The third-order valence-corrected chi connectivity index (χ3v) is 3.59. The summed E-state index contributed by atoms with van der Waals surface area (Å²) in [6, 6.07) is 14.7. The molecule has 0 saturated carbocycles. The van der Waals surface area contributed by atoms with Gasteiger partial charge in [0.15, 0.2) is 0 Å². The molecular weight excluding hydrogens is 210 g/mol. The highest BCUT2D eigenvalue weighted by Gasteiger charge is 2.23. The van der Waals surface area contributed by atoms with Gasteiger partial charge in [0.25, 0.3) is 0 Å². The summed E-state index contributed by atoms with van der Waals surface area (Å²) in [7, 11) is 0. The lowest BCUT2D eigenvalue weighted by atomic mass is 9.98. The molecule has 0 radical (unpaired) electrons. The third-order valence-electron chi connectivity index (χ3n) is 3.59. The molecule has 1 aliphatic rings. The van der Waals surface area contributed by atoms with E-state index in [2.05, 4.69) is 29.6 Å². The molecule has 0 unspecified atom stereocenters. The molecule has 2 nitrogen and oxygen atoms in total. The second-order valence-electron chi connectivity index (χ2n) is 4.75. The Hall–Kier alpha value is -1.38. The van der Waals surface area contributed by atoms with Crippen LogP contribution in [0.4, 0.5) is 0 Å². The van der Waals surface area contributed by atoms with Crippen LogP contribution >= 0.6 is 0 Å². The first-order valence-electron chi connectivity index (χ1n) is 6.25. The Morgan fingerprint density at radius 1 is 1.12 bits per heavy atom. The van der Waals surface area contributed by atoms with Crippen molar-refractivity contribution in [1.29, 1.82) is 0 Å². The Kier molecular flexibility index (Phi) is 2.83.